The molecule has 0 saturated carbocycles. The quantitative estimate of drug-likeness (QED) is 0.635. The van der Waals surface area contributed by atoms with Crippen LogP contribution in [0.5, 0.6) is 0 Å². The number of amides is 1. The van der Waals surface area contributed by atoms with E-state index in [1.54, 1.807) is 7.11 Å². The molecule has 0 saturated heterocycles. The lowest BCUT2D eigenvalue weighted by Gasteiger charge is -2.32. The van der Waals surface area contributed by atoms with Crippen molar-refractivity contribution in [3.63, 3.8) is 0 Å². The maximum Gasteiger partial charge on any atom is 0.223 e. The lowest BCUT2D eigenvalue weighted by molar-refractivity contribution is -0.135. The van der Waals surface area contributed by atoms with Crippen molar-refractivity contribution >= 4 is 5.91 Å². The van der Waals surface area contributed by atoms with Crippen LogP contribution in [-0.4, -0.2) is 43.7 Å². The van der Waals surface area contributed by atoms with Gasteiger partial charge in [-0.3, -0.25) is 4.79 Å². The number of nitrogens with zero attached hydrogens (tertiary/aromatic N) is 1. The molecule has 0 radical (unpaired) electrons. The third-order valence-corrected chi connectivity index (χ3v) is 3.84. The molecule has 0 aliphatic carbocycles. The summed E-state index contributed by atoms with van der Waals surface area (Å²) >= 11 is 0. The van der Waals surface area contributed by atoms with Gasteiger partial charge in [0.15, 0.2) is 0 Å². The van der Waals surface area contributed by atoms with E-state index in [4.69, 9.17) is 10.5 Å². The van der Waals surface area contributed by atoms with Gasteiger partial charge in [0.05, 0.1) is 6.61 Å². The first kappa shape index (κ1) is 19.4. The van der Waals surface area contributed by atoms with Crippen LogP contribution in [0.4, 0.5) is 0 Å². The zero-order valence-corrected chi connectivity index (χ0v) is 14.0. The van der Waals surface area contributed by atoms with Gasteiger partial charge in [-0.05, 0) is 37.6 Å². The van der Waals surface area contributed by atoms with Gasteiger partial charge in [0.2, 0.25) is 5.91 Å². The van der Waals surface area contributed by atoms with Crippen molar-refractivity contribution in [2.24, 2.45) is 17.6 Å². The number of hydrogen-bond acceptors (Lipinski definition) is 3. The van der Waals surface area contributed by atoms with Crippen LogP contribution < -0.4 is 5.73 Å². The van der Waals surface area contributed by atoms with Gasteiger partial charge in [0.1, 0.15) is 0 Å². The van der Waals surface area contributed by atoms with Gasteiger partial charge >= 0.3 is 0 Å². The Morgan fingerprint density at radius 2 is 1.85 bits per heavy atom. The number of hydrogen-bond donors (Lipinski definition) is 1. The van der Waals surface area contributed by atoms with Gasteiger partial charge in [-0.25, -0.2) is 0 Å². The molecule has 0 spiro atoms. The molecule has 0 aliphatic rings. The normalized spacial score (nSPS) is 13.0. The molecule has 0 aromatic carbocycles. The SMILES string of the molecule is CCC(CC)N(CCOC)C(=O)CC(CN)CC(C)C. The highest BCUT2D eigenvalue weighted by Crippen LogP contribution is 2.18. The molecular weight excluding hydrogens is 252 g/mol. The molecular formula is C16H34N2O2. The van der Waals surface area contributed by atoms with Gasteiger partial charge in [-0.1, -0.05) is 27.7 Å². The molecule has 20 heavy (non-hydrogen) atoms. The summed E-state index contributed by atoms with van der Waals surface area (Å²) in [6, 6.07) is 0.315. The first-order valence-corrected chi connectivity index (χ1v) is 7.98. The molecule has 4 heteroatoms. The standard InChI is InChI=1S/C16H34N2O2/c1-6-15(7-2)18(8-9-20-5)16(19)11-14(12-17)10-13(3)4/h13-15H,6-12,17H2,1-5H3. The van der Waals surface area contributed by atoms with E-state index in [1.807, 2.05) is 4.90 Å². The van der Waals surface area contributed by atoms with Crippen molar-refractivity contribution in [3.8, 4) is 0 Å². The molecule has 0 aromatic rings. The number of nitrogens with two attached hydrogens (primary N) is 1. The van der Waals surface area contributed by atoms with Crippen LogP contribution in [0.3, 0.4) is 0 Å². The highest BCUT2D eigenvalue weighted by Gasteiger charge is 2.23. The lowest BCUT2D eigenvalue weighted by Crippen LogP contribution is -2.43. The molecule has 1 atom stereocenters. The Balaban J connectivity index is 4.66. The molecule has 1 amide bonds. The van der Waals surface area contributed by atoms with Crippen molar-refractivity contribution in [1.29, 1.82) is 0 Å². The third-order valence-electron chi connectivity index (χ3n) is 3.84. The summed E-state index contributed by atoms with van der Waals surface area (Å²) in [5.74, 6) is 1.10. The summed E-state index contributed by atoms with van der Waals surface area (Å²) < 4.78 is 5.14. The summed E-state index contributed by atoms with van der Waals surface area (Å²) in [6.45, 7) is 10.5. The van der Waals surface area contributed by atoms with Crippen LogP contribution in [0.2, 0.25) is 0 Å². The van der Waals surface area contributed by atoms with E-state index in [0.717, 1.165) is 19.3 Å². The topological polar surface area (TPSA) is 55.6 Å². The van der Waals surface area contributed by atoms with Crippen molar-refractivity contribution in [2.75, 3.05) is 26.8 Å². The van der Waals surface area contributed by atoms with Crippen molar-refractivity contribution in [3.05, 3.63) is 0 Å². The van der Waals surface area contributed by atoms with Crippen LogP contribution in [0.15, 0.2) is 0 Å². The summed E-state index contributed by atoms with van der Waals surface area (Å²) in [7, 11) is 1.68. The van der Waals surface area contributed by atoms with Crippen LogP contribution in [0.1, 0.15) is 53.4 Å². The highest BCUT2D eigenvalue weighted by molar-refractivity contribution is 5.76. The van der Waals surface area contributed by atoms with Crippen molar-refractivity contribution in [2.45, 2.75) is 59.4 Å². The fourth-order valence-corrected chi connectivity index (χ4v) is 2.72. The van der Waals surface area contributed by atoms with E-state index in [-0.39, 0.29) is 5.91 Å². The Morgan fingerprint density at radius 1 is 1.25 bits per heavy atom. The number of carbonyl (C=O) groups excluding carboxylic acids is 1. The summed E-state index contributed by atoms with van der Waals surface area (Å²) in [5, 5.41) is 0. The Bertz CT molecular complexity index is 253. The Labute approximate surface area is 125 Å². The van der Waals surface area contributed by atoms with Crippen LogP contribution >= 0.6 is 0 Å². The maximum absolute atomic E-state index is 12.6. The second-order valence-corrected chi connectivity index (χ2v) is 5.99. The largest absolute Gasteiger partial charge is 0.383 e. The number of ether oxygens (including phenoxy) is 1. The number of methoxy groups -OCH3 is 1. The Kier molecular flexibility index (Phi) is 10.8. The third kappa shape index (κ3) is 7.25. The summed E-state index contributed by atoms with van der Waals surface area (Å²) in [5.41, 5.74) is 5.82. The molecule has 2 N–H and O–H groups in total. The Morgan fingerprint density at radius 3 is 2.25 bits per heavy atom. The van der Waals surface area contributed by atoms with Crippen LogP contribution in [-0.2, 0) is 9.53 Å². The smallest absolute Gasteiger partial charge is 0.223 e. The molecule has 0 aliphatic heterocycles. The minimum Gasteiger partial charge on any atom is -0.383 e. The number of carbonyl (C=O) groups is 1. The van der Waals surface area contributed by atoms with Crippen molar-refractivity contribution in [1.82, 2.24) is 4.90 Å². The average Bonchev–Trinajstić information content (AvgIpc) is 2.41. The van der Waals surface area contributed by atoms with Crippen molar-refractivity contribution < 1.29 is 9.53 Å². The zero-order chi connectivity index (χ0) is 15.5. The van der Waals surface area contributed by atoms with Gasteiger partial charge in [0, 0.05) is 26.1 Å². The van der Waals surface area contributed by atoms with E-state index in [1.165, 1.54) is 0 Å². The van der Waals surface area contributed by atoms with Gasteiger partial charge in [-0.15, -0.1) is 0 Å². The predicted molar refractivity (Wildman–Crippen MR) is 84.6 cm³/mol. The molecule has 0 heterocycles. The van der Waals surface area contributed by atoms with E-state index in [9.17, 15) is 4.79 Å². The molecule has 1 unspecified atom stereocenters. The molecule has 0 aromatic heterocycles. The van der Waals surface area contributed by atoms with Gasteiger partial charge < -0.3 is 15.4 Å². The number of rotatable bonds is 11. The minimum atomic E-state index is 0.229. The first-order chi connectivity index (χ1) is 9.49. The molecule has 0 rings (SSSR count). The van der Waals surface area contributed by atoms with Crippen LogP contribution in [0.25, 0.3) is 0 Å². The predicted octanol–water partition coefficient (Wildman–Crippen LogP) is 2.66. The fraction of sp³-hybridized carbons (Fsp3) is 0.938. The second kappa shape index (κ2) is 11.1. The summed E-state index contributed by atoms with van der Waals surface area (Å²) in [6.07, 6.45) is 3.56. The molecule has 120 valence electrons. The molecule has 0 bridgehead atoms. The highest BCUT2D eigenvalue weighted by atomic mass is 16.5. The molecule has 0 fully saturated rings. The minimum absolute atomic E-state index is 0.229. The lowest BCUT2D eigenvalue weighted by atomic mass is 9.93. The van der Waals surface area contributed by atoms with Gasteiger partial charge in [-0.2, -0.15) is 0 Å². The first-order valence-electron chi connectivity index (χ1n) is 7.98. The average molecular weight is 286 g/mol. The van der Waals surface area contributed by atoms with E-state index in [2.05, 4.69) is 27.7 Å². The van der Waals surface area contributed by atoms with E-state index < -0.39 is 0 Å². The summed E-state index contributed by atoms with van der Waals surface area (Å²) in [4.78, 5) is 14.6. The van der Waals surface area contributed by atoms with Gasteiger partial charge in [0.25, 0.3) is 0 Å². The van der Waals surface area contributed by atoms with Crippen LogP contribution in [0, 0.1) is 11.8 Å². The Hall–Kier alpha value is -0.610. The maximum atomic E-state index is 12.6. The fourth-order valence-electron chi connectivity index (χ4n) is 2.72. The van der Waals surface area contributed by atoms with E-state index >= 15 is 0 Å². The zero-order valence-electron chi connectivity index (χ0n) is 14.0. The monoisotopic (exact) mass is 286 g/mol. The molecule has 4 nitrogen and oxygen atoms in total. The van der Waals surface area contributed by atoms with E-state index in [0.29, 0.717) is 44.0 Å². The second-order valence-electron chi connectivity index (χ2n) is 5.99.